The maximum absolute atomic E-state index is 14.7. The number of nitrogen functional groups attached to an aromatic ring is 1. The number of hydrogen-bond acceptors (Lipinski definition) is 5. The van der Waals surface area contributed by atoms with Crippen LogP contribution in [0.15, 0.2) is 55.2 Å². The van der Waals surface area contributed by atoms with Crippen LogP contribution in [0, 0.1) is 5.82 Å². The van der Waals surface area contributed by atoms with Crippen LogP contribution in [0.5, 0.6) is 0 Å². The number of halogens is 3. The predicted octanol–water partition coefficient (Wildman–Crippen LogP) is 3.64. The smallest absolute Gasteiger partial charge is 0.298 e. The van der Waals surface area contributed by atoms with Gasteiger partial charge in [0, 0.05) is 35.0 Å². The minimum Gasteiger partial charge on any atom is -0.382 e. The number of imidazole rings is 1. The van der Waals surface area contributed by atoms with Crippen LogP contribution >= 0.6 is 8.54 Å². The second-order valence-electron chi connectivity index (χ2n) is 5.94. The van der Waals surface area contributed by atoms with Crippen LogP contribution < -0.4 is 16.4 Å². The number of carbonyl (C=O) groups excluding carboxylic acids is 1. The van der Waals surface area contributed by atoms with Gasteiger partial charge in [0.1, 0.15) is 35.0 Å². The van der Waals surface area contributed by atoms with Crippen LogP contribution in [0.4, 0.5) is 24.4 Å². The molecule has 0 aliphatic heterocycles. The Balaban J connectivity index is 1.63. The standard InChI is InChI=1S/C18H12F3N6OP/c19-13-7-10(18(28)26-14-8-11(29(20)21)3-4-23-14)1-2-12(13)15-16-17(22)24-5-6-27(16)9-25-15/h1-9H,(H2,22,24)(H,23,26,28). The van der Waals surface area contributed by atoms with Crippen molar-refractivity contribution in [3.8, 4) is 11.3 Å². The monoisotopic (exact) mass is 416 g/mol. The van der Waals surface area contributed by atoms with Crippen molar-refractivity contribution in [2.45, 2.75) is 0 Å². The average Bonchev–Trinajstić information content (AvgIpc) is 3.13. The average molecular weight is 416 g/mol. The van der Waals surface area contributed by atoms with Crippen LogP contribution in [0.3, 0.4) is 0 Å². The van der Waals surface area contributed by atoms with Gasteiger partial charge >= 0.3 is 0 Å². The molecule has 1 aromatic carbocycles. The van der Waals surface area contributed by atoms with Gasteiger partial charge in [-0.15, -0.1) is 0 Å². The Morgan fingerprint density at radius 3 is 2.69 bits per heavy atom. The molecule has 29 heavy (non-hydrogen) atoms. The van der Waals surface area contributed by atoms with Gasteiger partial charge in [0.15, 0.2) is 0 Å². The maximum Gasteiger partial charge on any atom is 0.298 e. The van der Waals surface area contributed by atoms with Crippen molar-refractivity contribution in [1.29, 1.82) is 0 Å². The topological polar surface area (TPSA) is 98.2 Å². The van der Waals surface area contributed by atoms with Crippen LogP contribution in [0.25, 0.3) is 16.8 Å². The van der Waals surface area contributed by atoms with Gasteiger partial charge in [-0.05, 0) is 30.3 Å². The van der Waals surface area contributed by atoms with Crippen molar-refractivity contribution in [1.82, 2.24) is 19.4 Å². The number of aromatic nitrogens is 4. The molecular formula is C18H12F3N6OP. The van der Waals surface area contributed by atoms with Crippen molar-refractivity contribution in [3.63, 3.8) is 0 Å². The zero-order valence-electron chi connectivity index (χ0n) is 14.6. The summed E-state index contributed by atoms with van der Waals surface area (Å²) in [5.74, 6) is -1.23. The highest BCUT2D eigenvalue weighted by Crippen LogP contribution is 2.37. The maximum atomic E-state index is 14.7. The number of pyridine rings is 1. The molecule has 0 aliphatic carbocycles. The van der Waals surface area contributed by atoms with Crippen LogP contribution in [-0.4, -0.2) is 25.3 Å². The molecule has 4 rings (SSSR count). The molecule has 11 heteroatoms. The van der Waals surface area contributed by atoms with Crippen LogP contribution in [0.1, 0.15) is 10.4 Å². The molecule has 0 radical (unpaired) electrons. The first-order valence-corrected chi connectivity index (χ1v) is 9.32. The lowest BCUT2D eigenvalue weighted by atomic mass is 10.1. The third-order valence-corrected chi connectivity index (χ3v) is 4.81. The van der Waals surface area contributed by atoms with Crippen molar-refractivity contribution in [3.05, 3.63) is 66.6 Å². The van der Waals surface area contributed by atoms with E-state index >= 15 is 0 Å². The van der Waals surface area contributed by atoms with Gasteiger partial charge in [0.2, 0.25) is 0 Å². The SMILES string of the molecule is Nc1nccn2cnc(-c3ccc(C(=O)Nc4cc(P(F)F)ccn4)cc3F)c12. The molecule has 1 amide bonds. The molecular weight excluding hydrogens is 404 g/mol. The number of nitrogens with two attached hydrogens (primary N) is 1. The van der Waals surface area contributed by atoms with Crippen molar-refractivity contribution in [2.24, 2.45) is 0 Å². The van der Waals surface area contributed by atoms with Gasteiger partial charge in [-0.2, -0.15) is 8.39 Å². The highest BCUT2D eigenvalue weighted by atomic mass is 31.2. The summed E-state index contributed by atoms with van der Waals surface area (Å²) in [4.78, 5) is 24.3. The lowest BCUT2D eigenvalue weighted by Crippen LogP contribution is -2.14. The lowest BCUT2D eigenvalue weighted by molar-refractivity contribution is 0.102. The van der Waals surface area contributed by atoms with E-state index in [1.807, 2.05) is 0 Å². The quantitative estimate of drug-likeness (QED) is 0.495. The minimum atomic E-state index is -3.31. The Morgan fingerprint density at radius 2 is 1.93 bits per heavy atom. The lowest BCUT2D eigenvalue weighted by Gasteiger charge is -2.08. The Bertz CT molecular complexity index is 1230. The van der Waals surface area contributed by atoms with Gasteiger partial charge in [-0.3, -0.25) is 4.79 Å². The summed E-state index contributed by atoms with van der Waals surface area (Å²) in [6.07, 6.45) is 5.77. The van der Waals surface area contributed by atoms with Crippen molar-refractivity contribution < 1.29 is 17.6 Å². The van der Waals surface area contributed by atoms with E-state index in [4.69, 9.17) is 5.73 Å². The van der Waals surface area contributed by atoms with Gasteiger partial charge in [0.25, 0.3) is 14.5 Å². The fourth-order valence-corrected chi connectivity index (χ4v) is 3.20. The molecule has 7 nitrogen and oxygen atoms in total. The molecule has 0 spiro atoms. The zero-order chi connectivity index (χ0) is 20.5. The fourth-order valence-electron chi connectivity index (χ4n) is 2.80. The number of nitrogens with zero attached hydrogens (tertiary/aromatic N) is 4. The molecule has 0 saturated heterocycles. The number of nitrogens with one attached hydrogen (secondary N) is 1. The van der Waals surface area contributed by atoms with E-state index in [0.717, 1.165) is 12.1 Å². The van der Waals surface area contributed by atoms with E-state index in [-0.39, 0.29) is 33.8 Å². The van der Waals surface area contributed by atoms with E-state index in [9.17, 15) is 17.6 Å². The van der Waals surface area contributed by atoms with E-state index in [0.29, 0.717) is 5.52 Å². The Hall–Kier alpha value is -3.52. The summed E-state index contributed by atoms with van der Waals surface area (Å²) < 4.78 is 42.0. The third kappa shape index (κ3) is 3.62. The number of anilines is 2. The first-order valence-electron chi connectivity index (χ1n) is 8.20. The van der Waals surface area contributed by atoms with E-state index in [1.165, 1.54) is 36.9 Å². The van der Waals surface area contributed by atoms with E-state index in [1.54, 1.807) is 10.6 Å². The molecule has 0 saturated carbocycles. The number of hydrogen-bond donors (Lipinski definition) is 2. The van der Waals surface area contributed by atoms with Crippen molar-refractivity contribution >= 4 is 36.9 Å². The summed E-state index contributed by atoms with van der Waals surface area (Å²) in [7, 11) is -3.31. The molecule has 0 fully saturated rings. The van der Waals surface area contributed by atoms with Gasteiger partial charge in [-0.25, -0.2) is 19.3 Å². The normalized spacial score (nSPS) is 11.2. The van der Waals surface area contributed by atoms with E-state index in [2.05, 4.69) is 20.3 Å². The molecule has 3 heterocycles. The number of rotatable bonds is 4. The highest BCUT2D eigenvalue weighted by Gasteiger charge is 2.17. The molecule has 0 atom stereocenters. The minimum absolute atomic E-state index is 0.00386. The molecule has 0 aliphatic rings. The fraction of sp³-hybridized carbons (Fsp3) is 0. The summed E-state index contributed by atoms with van der Waals surface area (Å²) in [6, 6.07) is 6.08. The first kappa shape index (κ1) is 18.8. The van der Waals surface area contributed by atoms with Crippen LogP contribution in [-0.2, 0) is 0 Å². The predicted molar refractivity (Wildman–Crippen MR) is 104 cm³/mol. The second kappa shape index (κ2) is 7.48. The van der Waals surface area contributed by atoms with Crippen molar-refractivity contribution in [2.75, 3.05) is 11.1 Å². The summed E-state index contributed by atoms with van der Waals surface area (Å²) in [5, 5.41) is 2.17. The Kier molecular flexibility index (Phi) is 4.85. The second-order valence-corrected chi connectivity index (χ2v) is 6.92. The molecule has 3 aromatic heterocycles. The van der Waals surface area contributed by atoms with Crippen LogP contribution in [0.2, 0.25) is 0 Å². The van der Waals surface area contributed by atoms with E-state index < -0.39 is 20.3 Å². The molecule has 3 N–H and O–H groups in total. The number of fused-ring (bicyclic) bond motifs is 1. The molecule has 146 valence electrons. The summed E-state index contributed by atoms with van der Waals surface area (Å²) >= 11 is 0. The number of carbonyl (C=O) groups is 1. The summed E-state index contributed by atoms with van der Waals surface area (Å²) in [6.45, 7) is 0. The van der Waals surface area contributed by atoms with Gasteiger partial charge in [-0.1, -0.05) is 0 Å². The van der Waals surface area contributed by atoms with Gasteiger partial charge < -0.3 is 15.5 Å². The molecule has 4 aromatic rings. The third-order valence-electron chi connectivity index (χ3n) is 4.14. The van der Waals surface area contributed by atoms with Gasteiger partial charge in [0.05, 0.1) is 0 Å². The summed E-state index contributed by atoms with van der Waals surface area (Å²) in [5.41, 5.74) is 6.74. The molecule has 0 unspecified atom stereocenters. The Morgan fingerprint density at radius 1 is 1.10 bits per heavy atom. The number of amides is 1. The zero-order valence-corrected chi connectivity index (χ0v) is 15.4. The first-order chi connectivity index (χ1) is 13.9. The highest BCUT2D eigenvalue weighted by molar-refractivity contribution is 7.55. The Labute approximate surface area is 163 Å². The number of benzene rings is 1. The molecule has 0 bridgehead atoms. The largest absolute Gasteiger partial charge is 0.382 e.